The Morgan fingerprint density at radius 3 is 2.54 bits per heavy atom. The Kier molecular flexibility index (Phi) is 3.62. The minimum absolute atomic E-state index is 0.0341. The van der Waals surface area contributed by atoms with E-state index < -0.39 is 10.0 Å². The van der Waals surface area contributed by atoms with E-state index in [4.69, 9.17) is 0 Å². The molecule has 4 rings (SSSR count). The quantitative estimate of drug-likeness (QED) is 0.857. The van der Waals surface area contributed by atoms with E-state index in [-0.39, 0.29) is 5.91 Å². The summed E-state index contributed by atoms with van der Waals surface area (Å²) in [4.78, 5) is 14.7. The molecular weight excluding hydrogens is 324 g/mol. The lowest BCUT2D eigenvalue weighted by Gasteiger charge is -2.19. The number of carbonyl (C=O) groups is 1. The number of anilines is 1. The van der Waals surface area contributed by atoms with Crippen LogP contribution in [-0.2, 0) is 10.0 Å². The number of hydrogen-bond donors (Lipinski definition) is 0. The van der Waals surface area contributed by atoms with Crippen LogP contribution < -0.4 is 4.90 Å². The highest BCUT2D eigenvalue weighted by molar-refractivity contribution is 7.89. The molecule has 24 heavy (non-hydrogen) atoms. The van der Waals surface area contributed by atoms with Crippen molar-refractivity contribution < 1.29 is 13.2 Å². The molecule has 2 aliphatic rings. The van der Waals surface area contributed by atoms with Crippen LogP contribution in [0.5, 0.6) is 0 Å². The Labute approximate surface area is 141 Å². The van der Waals surface area contributed by atoms with Gasteiger partial charge in [-0.2, -0.15) is 4.31 Å². The number of amides is 1. The summed E-state index contributed by atoms with van der Waals surface area (Å²) in [6, 6.07) is 8.83. The van der Waals surface area contributed by atoms with Crippen molar-refractivity contribution in [1.29, 1.82) is 0 Å². The van der Waals surface area contributed by atoms with Gasteiger partial charge in [-0.05, 0) is 37.5 Å². The van der Waals surface area contributed by atoms with E-state index in [0.717, 1.165) is 30.3 Å². The zero-order chi connectivity index (χ0) is 16.9. The molecule has 0 saturated carbocycles. The van der Waals surface area contributed by atoms with Crippen molar-refractivity contribution in [2.24, 2.45) is 0 Å². The second-order valence-corrected chi connectivity index (χ2v) is 8.29. The fraction of sp³-hybridized carbons (Fsp3) is 0.389. The number of sulfonamides is 1. The van der Waals surface area contributed by atoms with Crippen LogP contribution in [0.3, 0.4) is 0 Å². The van der Waals surface area contributed by atoms with Crippen molar-refractivity contribution >= 4 is 32.4 Å². The van der Waals surface area contributed by atoms with Gasteiger partial charge in [-0.25, -0.2) is 8.42 Å². The van der Waals surface area contributed by atoms with Crippen molar-refractivity contribution in [3.05, 3.63) is 35.9 Å². The second kappa shape index (κ2) is 5.57. The number of rotatable bonds is 4. The van der Waals surface area contributed by atoms with Gasteiger partial charge in [-0.1, -0.05) is 19.1 Å². The van der Waals surface area contributed by atoms with Gasteiger partial charge >= 0.3 is 0 Å². The predicted octanol–water partition coefficient (Wildman–Crippen LogP) is 2.99. The number of hydrogen-bond acceptors (Lipinski definition) is 3. The second-order valence-electron chi connectivity index (χ2n) is 6.38. The number of carbonyl (C=O) groups excluding carboxylic acids is 1. The van der Waals surface area contributed by atoms with Crippen molar-refractivity contribution in [1.82, 2.24) is 4.31 Å². The van der Waals surface area contributed by atoms with Gasteiger partial charge in [0.15, 0.2) is 0 Å². The summed E-state index contributed by atoms with van der Waals surface area (Å²) >= 11 is 0. The van der Waals surface area contributed by atoms with Crippen LogP contribution in [0.4, 0.5) is 5.69 Å². The van der Waals surface area contributed by atoms with E-state index in [9.17, 15) is 13.2 Å². The highest BCUT2D eigenvalue weighted by Crippen LogP contribution is 2.41. The molecule has 0 aliphatic carbocycles. The van der Waals surface area contributed by atoms with E-state index in [1.807, 2.05) is 13.0 Å². The maximum absolute atomic E-state index is 13.0. The third-order valence-electron chi connectivity index (χ3n) is 4.88. The molecule has 2 aromatic carbocycles. The minimum Gasteiger partial charge on any atom is -0.308 e. The van der Waals surface area contributed by atoms with Crippen LogP contribution in [0.15, 0.2) is 35.2 Å². The smallest absolute Gasteiger partial charge is 0.258 e. The summed E-state index contributed by atoms with van der Waals surface area (Å²) in [5.74, 6) is -0.0341. The third kappa shape index (κ3) is 2.09. The molecule has 0 N–H and O–H groups in total. The largest absolute Gasteiger partial charge is 0.308 e. The molecule has 1 saturated heterocycles. The molecule has 126 valence electrons. The topological polar surface area (TPSA) is 57.7 Å². The van der Waals surface area contributed by atoms with Gasteiger partial charge in [-0.3, -0.25) is 4.79 Å². The Morgan fingerprint density at radius 1 is 1.08 bits per heavy atom. The Bertz CT molecular complexity index is 931. The molecule has 6 heteroatoms. The van der Waals surface area contributed by atoms with E-state index in [2.05, 4.69) is 0 Å². The van der Waals surface area contributed by atoms with Gasteiger partial charge in [0.2, 0.25) is 10.0 Å². The first kappa shape index (κ1) is 15.6. The summed E-state index contributed by atoms with van der Waals surface area (Å²) in [5, 5.41) is 1.43. The van der Waals surface area contributed by atoms with Gasteiger partial charge < -0.3 is 4.90 Å². The van der Waals surface area contributed by atoms with Crippen LogP contribution >= 0.6 is 0 Å². The summed E-state index contributed by atoms with van der Waals surface area (Å²) in [6.07, 6.45) is 2.67. The van der Waals surface area contributed by atoms with Crippen molar-refractivity contribution in [3.63, 3.8) is 0 Å². The van der Waals surface area contributed by atoms with Crippen LogP contribution in [0.2, 0.25) is 0 Å². The summed E-state index contributed by atoms with van der Waals surface area (Å²) in [6.45, 7) is 3.82. The monoisotopic (exact) mass is 344 g/mol. The zero-order valence-corrected chi connectivity index (χ0v) is 14.5. The van der Waals surface area contributed by atoms with Crippen LogP contribution in [0, 0.1) is 0 Å². The van der Waals surface area contributed by atoms with Crippen molar-refractivity contribution in [3.8, 4) is 0 Å². The minimum atomic E-state index is -3.51. The van der Waals surface area contributed by atoms with Crippen molar-refractivity contribution in [2.75, 3.05) is 24.5 Å². The van der Waals surface area contributed by atoms with Gasteiger partial charge in [0.1, 0.15) is 0 Å². The van der Waals surface area contributed by atoms with Crippen LogP contribution in [0.1, 0.15) is 36.5 Å². The molecule has 0 bridgehead atoms. The molecule has 0 unspecified atom stereocenters. The molecule has 0 atom stereocenters. The Balaban J connectivity index is 1.94. The Hall–Kier alpha value is -1.92. The molecule has 0 radical (unpaired) electrons. The molecule has 2 aromatic rings. The highest BCUT2D eigenvalue weighted by Gasteiger charge is 2.34. The maximum Gasteiger partial charge on any atom is 0.258 e. The lowest BCUT2D eigenvalue weighted by Crippen LogP contribution is -2.28. The SMILES string of the molecule is CCCN1C(=O)c2cccc3c(S(=O)(=O)N4CCCC4)ccc1c23. The molecule has 0 spiro atoms. The van der Waals surface area contributed by atoms with Gasteiger partial charge in [-0.15, -0.1) is 0 Å². The summed E-state index contributed by atoms with van der Waals surface area (Å²) in [5.41, 5.74) is 1.43. The van der Waals surface area contributed by atoms with Crippen LogP contribution in [0.25, 0.3) is 10.8 Å². The lowest BCUT2D eigenvalue weighted by molar-refractivity contribution is 0.0993. The predicted molar refractivity (Wildman–Crippen MR) is 93.9 cm³/mol. The number of benzene rings is 2. The first-order valence-electron chi connectivity index (χ1n) is 8.43. The molecular formula is C18H20N2O3S. The van der Waals surface area contributed by atoms with Gasteiger partial charge in [0, 0.05) is 36.0 Å². The highest BCUT2D eigenvalue weighted by atomic mass is 32.2. The zero-order valence-electron chi connectivity index (χ0n) is 13.7. The molecule has 0 aromatic heterocycles. The Morgan fingerprint density at radius 2 is 1.83 bits per heavy atom. The van der Waals surface area contributed by atoms with Crippen molar-refractivity contribution in [2.45, 2.75) is 31.1 Å². The molecule has 2 heterocycles. The van der Waals surface area contributed by atoms with Gasteiger partial charge in [0.05, 0.1) is 10.6 Å². The average molecular weight is 344 g/mol. The van der Waals surface area contributed by atoms with Crippen LogP contribution in [-0.4, -0.2) is 38.3 Å². The first-order chi connectivity index (χ1) is 11.6. The normalized spacial score (nSPS) is 18.0. The molecule has 2 aliphatic heterocycles. The van der Waals surface area contributed by atoms with E-state index in [1.54, 1.807) is 33.5 Å². The first-order valence-corrected chi connectivity index (χ1v) is 9.87. The van der Waals surface area contributed by atoms with E-state index in [0.29, 0.717) is 35.5 Å². The third-order valence-corrected chi connectivity index (χ3v) is 6.83. The average Bonchev–Trinajstić information content (AvgIpc) is 3.20. The fourth-order valence-corrected chi connectivity index (χ4v) is 5.46. The maximum atomic E-state index is 13.0. The number of nitrogens with zero attached hydrogens (tertiary/aromatic N) is 2. The van der Waals surface area contributed by atoms with Gasteiger partial charge in [0.25, 0.3) is 5.91 Å². The fourth-order valence-electron chi connectivity index (χ4n) is 3.76. The molecule has 1 fully saturated rings. The standard InChI is InChI=1S/C18H20N2O3S/c1-2-10-20-15-8-9-16(24(22,23)19-11-3-4-12-19)13-6-5-7-14(17(13)15)18(20)21/h5-9H,2-4,10-12H2,1H3. The summed E-state index contributed by atoms with van der Waals surface area (Å²) < 4.78 is 27.6. The van der Waals surface area contributed by atoms with E-state index >= 15 is 0 Å². The lowest BCUT2D eigenvalue weighted by atomic mass is 10.1. The molecule has 1 amide bonds. The van der Waals surface area contributed by atoms with E-state index in [1.165, 1.54) is 0 Å². The molecule has 5 nitrogen and oxygen atoms in total. The summed E-state index contributed by atoms with van der Waals surface area (Å²) in [7, 11) is -3.51.